The minimum atomic E-state index is -0.492. The fourth-order valence-electron chi connectivity index (χ4n) is 2.85. The average Bonchev–Trinajstić information content (AvgIpc) is 3.13. The van der Waals surface area contributed by atoms with Crippen molar-refractivity contribution < 1.29 is 23.2 Å². The summed E-state index contributed by atoms with van der Waals surface area (Å²) in [6, 6.07) is 13.0. The van der Waals surface area contributed by atoms with Crippen LogP contribution in [0.15, 0.2) is 48.7 Å². The predicted octanol–water partition coefficient (Wildman–Crippen LogP) is 5.16. The highest BCUT2D eigenvalue weighted by molar-refractivity contribution is 14.2. The molecule has 2 atom stereocenters. The van der Waals surface area contributed by atoms with Gasteiger partial charge >= 0.3 is 0 Å². The summed E-state index contributed by atoms with van der Waals surface area (Å²) in [4.78, 5) is 28.2. The minimum Gasteiger partial charge on any atom is -0.495 e. The van der Waals surface area contributed by atoms with Crippen LogP contribution in [-0.4, -0.2) is 37.2 Å². The molecule has 7 nitrogen and oxygen atoms in total. The van der Waals surface area contributed by atoms with Crippen LogP contribution in [0.2, 0.25) is 0 Å². The molecule has 0 spiro atoms. The molecule has 164 valence electrons. The number of aromatic nitrogens is 1. The second-order valence-corrected chi connectivity index (χ2v) is 6.98. The number of halogens is 1. The number of carbonyl (C=O) groups excluding carboxylic acids is 2. The summed E-state index contributed by atoms with van der Waals surface area (Å²) < 4.78 is 15.1. The van der Waals surface area contributed by atoms with Crippen LogP contribution in [0.1, 0.15) is 38.9 Å². The lowest BCUT2D eigenvalue weighted by atomic mass is 10.1. The van der Waals surface area contributed by atoms with Crippen molar-refractivity contribution >= 4 is 48.5 Å². The molecule has 9 heteroatoms. The van der Waals surface area contributed by atoms with Crippen LogP contribution in [0.5, 0.6) is 5.75 Å². The number of anilines is 1. The van der Waals surface area contributed by atoms with Gasteiger partial charge in [-0.1, -0.05) is 32.0 Å². The van der Waals surface area contributed by atoms with Gasteiger partial charge < -0.3 is 9.47 Å². The highest BCUT2D eigenvalue weighted by Gasteiger charge is 2.43. The van der Waals surface area contributed by atoms with E-state index in [2.05, 4.69) is 9.72 Å². The highest BCUT2D eigenvalue weighted by Crippen LogP contribution is 2.42. The Morgan fingerprint density at radius 3 is 2.47 bits per heavy atom. The van der Waals surface area contributed by atoms with Crippen molar-refractivity contribution in [1.29, 1.82) is 0 Å². The number of nitrogens with zero attached hydrogens (tertiary/aromatic N) is 2. The van der Waals surface area contributed by atoms with E-state index in [1.807, 2.05) is 77.5 Å². The Kier molecular flexibility index (Phi) is 13.1. The maximum Gasteiger partial charge on any atom is 0.293 e. The quantitative estimate of drug-likeness (QED) is 0.270. The fourth-order valence-corrected chi connectivity index (χ4v) is 3.85. The Morgan fingerprint density at radius 1 is 1.23 bits per heavy atom. The van der Waals surface area contributed by atoms with E-state index in [0.717, 1.165) is 11.4 Å². The molecule has 0 N–H and O–H groups in total. The highest BCUT2D eigenvalue weighted by atomic mass is 127. The van der Waals surface area contributed by atoms with Gasteiger partial charge in [-0.25, -0.2) is 0 Å². The Hall–Kier alpha value is -1.85. The molecule has 0 aliphatic carbocycles. The third-order valence-electron chi connectivity index (χ3n) is 4.02. The number of methoxy groups -OCH3 is 1. The molecule has 1 saturated heterocycles. The summed E-state index contributed by atoms with van der Waals surface area (Å²) in [5, 5.41) is 0. The van der Waals surface area contributed by atoms with E-state index in [4.69, 9.17) is 8.92 Å². The minimum absolute atomic E-state index is 0.0747. The molecule has 2 aromatic rings. The normalized spacial score (nSPS) is 17.2. The summed E-state index contributed by atoms with van der Waals surface area (Å²) >= 11 is 2.03. The maximum atomic E-state index is 12.8. The second kappa shape index (κ2) is 15.0. The molecule has 2 unspecified atom stereocenters. The Balaban J connectivity index is 0.000000565. The second-order valence-electron chi connectivity index (χ2n) is 5.59. The number of benzene rings is 1. The van der Waals surface area contributed by atoms with Crippen LogP contribution in [0.3, 0.4) is 0 Å². The van der Waals surface area contributed by atoms with Gasteiger partial charge in [0.25, 0.3) is 12.4 Å². The number of pyridine rings is 1. The first-order chi connectivity index (χ1) is 14.7. The summed E-state index contributed by atoms with van der Waals surface area (Å²) in [5.41, 5.74) is 1.58. The van der Waals surface area contributed by atoms with Gasteiger partial charge in [-0.2, -0.15) is 0 Å². The smallest absolute Gasteiger partial charge is 0.293 e. The van der Waals surface area contributed by atoms with Crippen molar-refractivity contribution in [2.24, 2.45) is 0 Å². The van der Waals surface area contributed by atoms with Crippen LogP contribution in [0.25, 0.3) is 0 Å². The summed E-state index contributed by atoms with van der Waals surface area (Å²) in [6.45, 7) is 6.66. The van der Waals surface area contributed by atoms with Crippen LogP contribution in [0.4, 0.5) is 5.69 Å². The van der Waals surface area contributed by atoms with E-state index in [1.165, 1.54) is 9.21 Å². The standard InChI is InChI=1S/C16H15IN2O3S.C3H6O2.C2H6/c1-21-14-8-3-2-7-12(14)19-13(11-6-4-5-9-18-11)10-15(16(19)20)22-23-17;1-2-5-3-4;1-2/h2-9,13,15H,10H2,1H3;3H,2H2,1H3;1-2H3. The molecular weight excluding hydrogens is 519 g/mol. The molecule has 1 aromatic carbocycles. The lowest BCUT2D eigenvalue weighted by molar-refractivity contribution is -0.128. The average molecular weight is 546 g/mol. The molecule has 0 saturated carbocycles. The molecule has 0 radical (unpaired) electrons. The Bertz CT molecular complexity index is 766. The van der Waals surface area contributed by atoms with Crippen LogP contribution < -0.4 is 9.64 Å². The first kappa shape index (κ1) is 26.2. The molecule has 1 aliphatic rings. The van der Waals surface area contributed by atoms with E-state index in [1.54, 1.807) is 25.1 Å². The van der Waals surface area contributed by atoms with Gasteiger partial charge in [0, 0.05) is 33.8 Å². The van der Waals surface area contributed by atoms with E-state index in [-0.39, 0.29) is 11.9 Å². The fraction of sp³-hybridized carbons (Fsp3) is 0.381. The van der Waals surface area contributed by atoms with Crippen molar-refractivity contribution in [1.82, 2.24) is 4.98 Å². The molecule has 1 fully saturated rings. The van der Waals surface area contributed by atoms with Gasteiger partial charge in [0.1, 0.15) is 5.75 Å². The number of ether oxygens (including phenoxy) is 2. The lowest BCUT2D eigenvalue weighted by Crippen LogP contribution is -2.31. The van der Waals surface area contributed by atoms with Crippen molar-refractivity contribution in [3.63, 3.8) is 0 Å². The van der Waals surface area contributed by atoms with Gasteiger partial charge in [0.2, 0.25) is 0 Å². The number of hydrogen-bond donors (Lipinski definition) is 0. The van der Waals surface area contributed by atoms with Crippen molar-refractivity contribution in [3.8, 4) is 5.75 Å². The van der Waals surface area contributed by atoms with Gasteiger partial charge in [0.15, 0.2) is 6.10 Å². The molecule has 1 amide bonds. The van der Waals surface area contributed by atoms with Gasteiger partial charge in [-0.15, -0.1) is 0 Å². The van der Waals surface area contributed by atoms with Gasteiger partial charge in [-0.05, 0) is 31.2 Å². The third-order valence-corrected chi connectivity index (χ3v) is 4.95. The van der Waals surface area contributed by atoms with Crippen LogP contribution in [-0.2, 0) is 18.5 Å². The predicted molar refractivity (Wildman–Crippen MR) is 128 cm³/mol. The number of rotatable bonds is 7. The lowest BCUT2D eigenvalue weighted by Gasteiger charge is -2.25. The van der Waals surface area contributed by atoms with E-state index in [9.17, 15) is 9.59 Å². The van der Waals surface area contributed by atoms with Crippen molar-refractivity contribution in [2.75, 3.05) is 18.6 Å². The molecule has 3 rings (SSSR count). The zero-order valence-corrected chi connectivity index (χ0v) is 20.5. The van der Waals surface area contributed by atoms with Gasteiger partial charge in [-0.3, -0.25) is 23.7 Å². The maximum absolute atomic E-state index is 12.8. The molecular formula is C21H27IN2O5S. The zero-order valence-electron chi connectivity index (χ0n) is 17.5. The Morgan fingerprint density at radius 2 is 1.93 bits per heavy atom. The first-order valence-corrected chi connectivity index (χ1v) is 12.8. The number of amides is 1. The summed E-state index contributed by atoms with van der Waals surface area (Å²) in [7, 11) is 2.78. The summed E-state index contributed by atoms with van der Waals surface area (Å²) in [5.74, 6) is 0.582. The molecule has 2 heterocycles. The van der Waals surface area contributed by atoms with E-state index >= 15 is 0 Å². The summed E-state index contributed by atoms with van der Waals surface area (Å²) in [6.07, 6.45) is 1.81. The molecule has 0 bridgehead atoms. The monoisotopic (exact) mass is 546 g/mol. The van der Waals surface area contributed by atoms with E-state index in [0.29, 0.717) is 25.2 Å². The SMILES string of the molecule is CC.CCOC=O.COc1ccccc1N1C(=O)C(OSI)CC1c1ccccn1. The van der Waals surface area contributed by atoms with E-state index < -0.39 is 6.10 Å². The van der Waals surface area contributed by atoms with Crippen LogP contribution in [0, 0.1) is 0 Å². The molecule has 1 aliphatic heterocycles. The Labute approximate surface area is 194 Å². The van der Waals surface area contributed by atoms with Crippen LogP contribution >= 0.6 is 30.4 Å². The molecule has 1 aromatic heterocycles. The van der Waals surface area contributed by atoms with Gasteiger partial charge in [0.05, 0.1) is 40.4 Å². The number of hydrogen-bond acceptors (Lipinski definition) is 7. The van der Waals surface area contributed by atoms with Crippen molar-refractivity contribution in [2.45, 2.75) is 39.3 Å². The number of carbonyl (C=O) groups is 2. The number of para-hydroxylation sites is 2. The zero-order chi connectivity index (χ0) is 22.4. The largest absolute Gasteiger partial charge is 0.495 e. The third kappa shape index (κ3) is 7.13. The first-order valence-electron chi connectivity index (χ1n) is 9.54. The molecule has 30 heavy (non-hydrogen) atoms. The topological polar surface area (TPSA) is 78.0 Å². The van der Waals surface area contributed by atoms with Crippen molar-refractivity contribution in [3.05, 3.63) is 54.4 Å².